The van der Waals surface area contributed by atoms with Crippen LogP contribution < -0.4 is 4.74 Å². The molecule has 27 heavy (non-hydrogen) atoms. The fraction of sp³-hybridized carbons (Fsp3) is 0.0455. The van der Waals surface area contributed by atoms with Crippen LogP contribution in [-0.4, -0.2) is 22.5 Å². The zero-order valence-electron chi connectivity index (χ0n) is 14.7. The first-order valence-corrected chi connectivity index (χ1v) is 8.45. The summed E-state index contributed by atoms with van der Waals surface area (Å²) in [6, 6.07) is 22.2. The van der Waals surface area contributed by atoms with Gasteiger partial charge in [0.2, 0.25) is 0 Å². The molecule has 0 amide bonds. The molecule has 0 aliphatic carbocycles. The summed E-state index contributed by atoms with van der Waals surface area (Å²) < 4.78 is 5.54. The molecule has 130 valence electrons. The summed E-state index contributed by atoms with van der Waals surface area (Å²) in [7, 11) is 1.68. The van der Waals surface area contributed by atoms with Crippen molar-refractivity contribution in [1.82, 2.24) is 15.4 Å². The molecule has 4 aromatic rings. The number of aromatic nitrogens is 3. The number of H-pyrrole nitrogens is 1. The summed E-state index contributed by atoms with van der Waals surface area (Å²) in [6.07, 6.45) is 4.11. The van der Waals surface area contributed by atoms with Crippen molar-refractivity contribution in [2.45, 2.75) is 0 Å². The van der Waals surface area contributed by atoms with Gasteiger partial charge in [-0.2, -0.15) is 5.26 Å². The number of nitriles is 1. The number of ether oxygens (including phenoxy) is 1. The maximum absolute atomic E-state index is 9.07. The molecule has 0 aliphatic rings. The minimum atomic E-state index is 0.291. The minimum absolute atomic E-state index is 0.291. The molecule has 1 heterocycles. The Kier molecular flexibility index (Phi) is 4.38. The average molecular weight is 352 g/mol. The van der Waals surface area contributed by atoms with E-state index in [2.05, 4.69) is 39.7 Å². The molecule has 0 saturated carbocycles. The van der Waals surface area contributed by atoms with E-state index in [1.807, 2.05) is 54.6 Å². The van der Waals surface area contributed by atoms with Gasteiger partial charge >= 0.3 is 0 Å². The first kappa shape index (κ1) is 16.6. The van der Waals surface area contributed by atoms with E-state index in [0.29, 0.717) is 11.4 Å². The quantitative estimate of drug-likeness (QED) is 0.541. The SMILES string of the molecule is COc1ccc2ccccc2c1/C=C/c1ccc(-c2[nH]nnc2C#N)cc1. The van der Waals surface area contributed by atoms with Gasteiger partial charge in [-0.05, 0) is 22.4 Å². The third-order valence-corrected chi connectivity index (χ3v) is 4.45. The normalized spacial score (nSPS) is 11.0. The van der Waals surface area contributed by atoms with Gasteiger partial charge in [-0.15, -0.1) is 5.10 Å². The second-order valence-corrected chi connectivity index (χ2v) is 6.01. The van der Waals surface area contributed by atoms with E-state index in [0.717, 1.165) is 27.8 Å². The van der Waals surface area contributed by atoms with Crippen molar-refractivity contribution >= 4 is 22.9 Å². The molecule has 0 spiro atoms. The second kappa shape index (κ2) is 7.14. The van der Waals surface area contributed by atoms with Crippen molar-refractivity contribution in [3.63, 3.8) is 0 Å². The van der Waals surface area contributed by atoms with E-state index in [1.54, 1.807) is 7.11 Å². The number of hydrogen-bond donors (Lipinski definition) is 1. The van der Waals surface area contributed by atoms with Gasteiger partial charge < -0.3 is 4.74 Å². The van der Waals surface area contributed by atoms with Gasteiger partial charge in [0, 0.05) is 11.1 Å². The Hall–Kier alpha value is -3.91. The Labute approximate surface area is 156 Å². The fourth-order valence-corrected chi connectivity index (χ4v) is 3.07. The molecule has 0 fully saturated rings. The molecule has 0 radical (unpaired) electrons. The Morgan fingerprint density at radius 3 is 2.59 bits per heavy atom. The van der Waals surface area contributed by atoms with Crippen molar-refractivity contribution in [1.29, 1.82) is 5.26 Å². The summed E-state index contributed by atoms with van der Waals surface area (Å²) in [4.78, 5) is 0. The molecular weight excluding hydrogens is 336 g/mol. The van der Waals surface area contributed by atoms with Crippen LogP contribution >= 0.6 is 0 Å². The summed E-state index contributed by atoms with van der Waals surface area (Å²) >= 11 is 0. The highest BCUT2D eigenvalue weighted by Crippen LogP contribution is 2.30. The highest BCUT2D eigenvalue weighted by Gasteiger charge is 2.08. The third kappa shape index (κ3) is 3.16. The molecule has 0 bridgehead atoms. The van der Waals surface area contributed by atoms with Crippen molar-refractivity contribution in [3.8, 4) is 23.1 Å². The number of nitrogens with one attached hydrogen (secondary N) is 1. The highest BCUT2D eigenvalue weighted by molar-refractivity contribution is 5.95. The molecule has 0 saturated heterocycles. The number of methoxy groups -OCH3 is 1. The van der Waals surface area contributed by atoms with E-state index in [-0.39, 0.29) is 0 Å². The molecule has 0 atom stereocenters. The van der Waals surface area contributed by atoms with Gasteiger partial charge in [0.1, 0.15) is 17.5 Å². The van der Waals surface area contributed by atoms with E-state index in [1.165, 1.54) is 5.39 Å². The fourth-order valence-electron chi connectivity index (χ4n) is 3.07. The lowest BCUT2D eigenvalue weighted by molar-refractivity contribution is 0.414. The summed E-state index contributed by atoms with van der Waals surface area (Å²) in [6.45, 7) is 0. The van der Waals surface area contributed by atoms with E-state index in [9.17, 15) is 0 Å². The smallest absolute Gasteiger partial charge is 0.190 e. The zero-order valence-corrected chi connectivity index (χ0v) is 14.7. The van der Waals surface area contributed by atoms with Gasteiger partial charge in [0.05, 0.1) is 7.11 Å². The predicted molar refractivity (Wildman–Crippen MR) is 106 cm³/mol. The summed E-state index contributed by atoms with van der Waals surface area (Å²) in [5, 5.41) is 21.6. The molecule has 3 aromatic carbocycles. The van der Waals surface area contributed by atoms with Crippen LogP contribution in [0.3, 0.4) is 0 Å². The van der Waals surface area contributed by atoms with Crippen molar-refractivity contribution < 1.29 is 4.74 Å². The number of hydrogen-bond acceptors (Lipinski definition) is 4. The summed E-state index contributed by atoms with van der Waals surface area (Å²) in [5.74, 6) is 0.837. The molecule has 4 rings (SSSR count). The zero-order chi connectivity index (χ0) is 18.6. The number of aromatic amines is 1. The lowest BCUT2D eigenvalue weighted by Crippen LogP contribution is -1.88. The molecule has 0 unspecified atom stereocenters. The molecule has 1 N–H and O–H groups in total. The number of nitrogens with zero attached hydrogens (tertiary/aromatic N) is 3. The van der Waals surface area contributed by atoms with Gasteiger partial charge in [-0.3, -0.25) is 5.10 Å². The maximum Gasteiger partial charge on any atom is 0.190 e. The molecular formula is C22H16N4O. The standard InChI is InChI=1S/C22H16N4O/c1-27-21-13-11-16-4-2-3-5-18(16)19(21)12-8-15-6-9-17(10-7-15)22-20(14-23)24-26-25-22/h2-13H,1H3,(H,24,25,26)/b12-8+. The Bertz CT molecular complexity index is 1170. The van der Waals surface area contributed by atoms with Crippen LogP contribution in [0.2, 0.25) is 0 Å². The van der Waals surface area contributed by atoms with Crippen LogP contribution in [0.15, 0.2) is 60.7 Å². The minimum Gasteiger partial charge on any atom is -0.496 e. The van der Waals surface area contributed by atoms with Crippen molar-refractivity contribution in [2.24, 2.45) is 0 Å². The third-order valence-electron chi connectivity index (χ3n) is 4.45. The van der Waals surface area contributed by atoms with Crippen LogP contribution in [0, 0.1) is 11.3 Å². The Morgan fingerprint density at radius 1 is 1.00 bits per heavy atom. The molecule has 0 aliphatic heterocycles. The van der Waals surface area contributed by atoms with Crippen LogP contribution in [-0.2, 0) is 0 Å². The topological polar surface area (TPSA) is 74.6 Å². The van der Waals surface area contributed by atoms with Gasteiger partial charge in [-0.1, -0.05) is 72.0 Å². The molecule has 5 nitrogen and oxygen atoms in total. The molecule has 1 aromatic heterocycles. The molecule has 5 heteroatoms. The Balaban J connectivity index is 1.68. The lowest BCUT2D eigenvalue weighted by atomic mass is 10.0. The van der Waals surface area contributed by atoms with E-state index < -0.39 is 0 Å². The first-order valence-electron chi connectivity index (χ1n) is 8.45. The highest BCUT2D eigenvalue weighted by atomic mass is 16.5. The van der Waals surface area contributed by atoms with Gasteiger partial charge in [0.15, 0.2) is 5.69 Å². The van der Waals surface area contributed by atoms with E-state index >= 15 is 0 Å². The van der Waals surface area contributed by atoms with Gasteiger partial charge in [0.25, 0.3) is 0 Å². The maximum atomic E-state index is 9.07. The number of rotatable bonds is 4. The van der Waals surface area contributed by atoms with Crippen molar-refractivity contribution in [3.05, 3.63) is 77.5 Å². The van der Waals surface area contributed by atoms with Crippen LogP contribution in [0.4, 0.5) is 0 Å². The van der Waals surface area contributed by atoms with E-state index in [4.69, 9.17) is 10.00 Å². The monoisotopic (exact) mass is 352 g/mol. The van der Waals surface area contributed by atoms with Gasteiger partial charge in [-0.25, -0.2) is 0 Å². The average Bonchev–Trinajstić information content (AvgIpc) is 3.21. The number of fused-ring (bicyclic) bond motifs is 1. The van der Waals surface area contributed by atoms with Crippen LogP contribution in [0.1, 0.15) is 16.8 Å². The van der Waals surface area contributed by atoms with Crippen molar-refractivity contribution in [2.75, 3.05) is 7.11 Å². The Morgan fingerprint density at radius 2 is 1.81 bits per heavy atom. The number of benzene rings is 3. The lowest BCUT2D eigenvalue weighted by Gasteiger charge is -2.09. The largest absolute Gasteiger partial charge is 0.496 e. The first-order chi connectivity index (χ1) is 13.3. The second-order valence-electron chi connectivity index (χ2n) is 6.01. The predicted octanol–water partition coefficient (Wildman–Crippen LogP) is 4.68. The van der Waals surface area contributed by atoms with Crippen LogP contribution in [0.25, 0.3) is 34.2 Å². The summed E-state index contributed by atoms with van der Waals surface area (Å²) in [5.41, 5.74) is 3.88. The van der Waals surface area contributed by atoms with Crippen LogP contribution in [0.5, 0.6) is 5.75 Å².